The van der Waals surface area contributed by atoms with Crippen LogP contribution in [0.25, 0.3) is 22.3 Å². The van der Waals surface area contributed by atoms with Gasteiger partial charge in [-0.2, -0.15) is 0 Å². The van der Waals surface area contributed by atoms with Gasteiger partial charge in [0.05, 0.1) is 16.8 Å². The van der Waals surface area contributed by atoms with Crippen molar-refractivity contribution in [3.8, 4) is 22.3 Å². The van der Waals surface area contributed by atoms with Gasteiger partial charge in [-0.25, -0.2) is 0 Å². The zero-order valence-electron chi connectivity index (χ0n) is 28.0. The average Bonchev–Trinajstić information content (AvgIpc) is 3.68. The van der Waals surface area contributed by atoms with Crippen molar-refractivity contribution in [3.63, 3.8) is 0 Å². The van der Waals surface area contributed by atoms with Crippen LogP contribution in [-0.4, -0.2) is 13.1 Å². The molecule has 7 aromatic carbocycles. The molecule has 0 fully saturated rings. The van der Waals surface area contributed by atoms with E-state index >= 15 is 0 Å². The number of fused-ring (bicyclic) bond motifs is 14. The van der Waals surface area contributed by atoms with E-state index in [0.717, 1.165) is 29.5 Å². The predicted octanol–water partition coefficient (Wildman–Crippen LogP) is 9.07. The van der Waals surface area contributed by atoms with E-state index in [4.69, 9.17) is 0 Å². The van der Waals surface area contributed by atoms with Crippen LogP contribution >= 0.6 is 0 Å². The van der Waals surface area contributed by atoms with E-state index < -0.39 is 5.41 Å². The maximum Gasteiger partial charge on any atom is 0.196 e. The molecule has 4 aliphatic rings. The molecule has 1 spiro atoms. The molecule has 0 bridgehead atoms. The second kappa shape index (κ2) is 9.61. The summed E-state index contributed by atoms with van der Waals surface area (Å²) in [6, 6.07) is 55.2. The molecule has 50 heavy (non-hydrogen) atoms. The molecular formula is C47H32BNO. The third-order valence-electron chi connectivity index (χ3n) is 12.1. The Bertz CT molecular complexity index is 2600. The van der Waals surface area contributed by atoms with Gasteiger partial charge < -0.3 is 4.90 Å². The van der Waals surface area contributed by atoms with Crippen LogP contribution in [0.3, 0.4) is 0 Å². The van der Waals surface area contributed by atoms with E-state index in [0.29, 0.717) is 0 Å². The molecule has 234 valence electrons. The quantitative estimate of drug-likeness (QED) is 0.168. The second-order valence-corrected chi connectivity index (χ2v) is 14.7. The van der Waals surface area contributed by atoms with Gasteiger partial charge in [-0.3, -0.25) is 4.79 Å². The number of ketones is 1. The third-order valence-corrected chi connectivity index (χ3v) is 12.1. The molecule has 2 heterocycles. The number of carbonyl (C=O) groups excluding carboxylic acids is 1. The average molecular weight is 638 g/mol. The van der Waals surface area contributed by atoms with Crippen molar-refractivity contribution >= 4 is 41.1 Å². The molecule has 3 heteroatoms. The zero-order chi connectivity index (χ0) is 33.4. The number of para-hydroxylation sites is 2. The standard InChI is InChI=1S/C47H32BNO/c1-46(2)34-18-6-4-16-31(34)45(50)33-27-39-32(26-38(33)46)28-14-3-7-19-35(28)47(39)36-20-8-11-23-41(36)49(42-24-12-9-21-37(42)47)43-25-13-17-30-29-15-5-10-22-40(29)48-44(30)43/h3-27,48H,1-2H3. The smallest absolute Gasteiger partial charge is 0.196 e. The number of carbonyl (C=O) groups is 1. The Morgan fingerprint density at radius 2 is 0.980 bits per heavy atom. The fourth-order valence-electron chi connectivity index (χ4n) is 9.98. The van der Waals surface area contributed by atoms with Gasteiger partial charge in [0.25, 0.3) is 0 Å². The van der Waals surface area contributed by atoms with E-state index in [9.17, 15) is 4.79 Å². The molecule has 0 N–H and O–H groups in total. The van der Waals surface area contributed by atoms with Gasteiger partial charge >= 0.3 is 0 Å². The Morgan fingerprint density at radius 3 is 1.72 bits per heavy atom. The summed E-state index contributed by atoms with van der Waals surface area (Å²) in [7, 11) is 0.908. The SMILES string of the molecule is CC1(C)c2ccccc2C(=O)c2cc3c(cc21)-c1ccccc1C31c2ccccc2N(c2cccc3c2Bc2ccccc2-3)c2ccccc21. The minimum absolute atomic E-state index is 0.113. The Kier molecular flexibility index (Phi) is 5.38. The summed E-state index contributed by atoms with van der Waals surface area (Å²) in [5, 5.41) is 0. The van der Waals surface area contributed by atoms with Gasteiger partial charge in [0, 0.05) is 22.2 Å². The van der Waals surface area contributed by atoms with E-state index in [1.807, 2.05) is 12.1 Å². The van der Waals surface area contributed by atoms with Crippen LogP contribution in [0.5, 0.6) is 0 Å². The number of anilines is 3. The number of benzene rings is 7. The number of hydrogen-bond acceptors (Lipinski definition) is 2. The third kappa shape index (κ3) is 3.28. The van der Waals surface area contributed by atoms with Gasteiger partial charge in [-0.15, -0.1) is 0 Å². The lowest BCUT2D eigenvalue weighted by Crippen LogP contribution is -2.38. The molecule has 0 aromatic heterocycles. The molecule has 0 atom stereocenters. The number of nitrogens with zero attached hydrogens (tertiary/aromatic N) is 1. The monoisotopic (exact) mass is 637 g/mol. The highest BCUT2D eigenvalue weighted by molar-refractivity contribution is 6.75. The van der Waals surface area contributed by atoms with Crippen LogP contribution in [0.15, 0.2) is 152 Å². The van der Waals surface area contributed by atoms with Crippen molar-refractivity contribution in [2.24, 2.45) is 0 Å². The highest BCUT2D eigenvalue weighted by Gasteiger charge is 2.53. The fraction of sp³-hybridized carbons (Fsp3) is 0.0851. The first kappa shape index (κ1) is 28.0. The topological polar surface area (TPSA) is 20.3 Å². The molecule has 0 saturated heterocycles. The lowest BCUT2D eigenvalue weighted by Gasteiger charge is -2.45. The summed E-state index contributed by atoms with van der Waals surface area (Å²) in [5.74, 6) is 0.113. The van der Waals surface area contributed by atoms with Gasteiger partial charge in [-0.05, 0) is 91.4 Å². The normalized spacial score (nSPS) is 15.9. The number of rotatable bonds is 1. The van der Waals surface area contributed by atoms with Crippen molar-refractivity contribution in [2.45, 2.75) is 24.7 Å². The molecule has 11 rings (SSSR count). The Labute approximate surface area is 292 Å². The van der Waals surface area contributed by atoms with Gasteiger partial charge in [0.15, 0.2) is 13.1 Å². The molecule has 0 saturated carbocycles. The minimum atomic E-state index is -0.604. The summed E-state index contributed by atoms with van der Waals surface area (Å²) in [4.78, 5) is 17.0. The molecule has 0 radical (unpaired) electrons. The maximum absolute atomic E-state index is 14.5. The highest BCUT2D eigenvalue weighted by atomic mass is 16.1. The van der Waals surface area contributed by atoms with E-state index in [-0.39, 0.29) is 11.2 Å². The van der Waals surface area contributed by atoms with Crippen molar-refractivity contribution in [1.82, 2.24) is 0 Å². The second-order valence-electron chi connectivity index (χ2n) is 14.7. The lowest BCUT2D eigenvalue weighted by atomic mass is 9.62. The molecule has 2 nitrogen and oxygen atoms in total. The van der Waals surface area contributed by atoms with Crippen LogP contribution in [-0.2, 0) is 10.8 Å². The maximum atomic E-state index is 14.5. The van der Waals surface area contributed by atoms with Crippen LogP contribution in [0, 0.1) is 0 Å². The van der Waals surface area contributed by atoms with Crippen LogP contribution in [0.4, 0.5) is 17.1 Å². The van der Waals surface area contributed by atoms with E-state index in [1.165, 1.54) is 72.5 Å². The van der Waals surface area contributed by atoms with Gasteiger partial charge in [0.1, 0.15) is 0 Å². The minimum Gasteiger partial charge on any atom is -0.310 e. The summed E-state index contributed by atoms with van der Waals surface area (Å²) in [5.41, 5.74) is 19.2. The molecule has 0 unspecified atom stereocenters. The van der Waals surface area contributed by atoms with Crippen LogP contribution < -0.4 is 15.8 Å². The van der Waals surface area contributed by atoms with E-state index in [1.54, 1.807) is 0 Å². The summed E-state index contributed by atoms with van der Waals surface area (Å²) in [6.45, 7) is 4.53. The molecular weight excluding hydrogens is 605 g/mol. The molecule has 7 aromatic rings. The first-order valence-electron chi connectivity index (χ1n) is 17.6. The van der Waals surface area contributed by atoms with Crippen molar-refractivity contribution < 1.29 is 4.79 Å². The first-order valence-corrected chi connectivity index (χ1v) is 17.6. The zero-order valence-corrected chi connectivity index (χ0v) is 28.0. The molecule has 2 aliphatic heterocycles. The highest BCUT2D eigenvalue weighted by Crippen LogP contribution is 2.64. The van der Waals surface area contributed by atoms with Crippen molar-refractivity contribution in [3.05, 3.63) is 196 Å². The van der Waals surface area contributed by atoms with Crippen LogP contribution in [0.2, 0.25) is 0 Å². The van der Waals surface area contributed by atoms with E-state index in [2.05, 4.69) is 158 Å². The lowest BCUT2D eigenvalue weighted by molar-refractivity contribution is 0.103. The number of hydrogen-bond donors (Lipinski definition) is 0. The Balaban J connectivity index is 1.22. The molecule has 2 aliphatic carbocycles. The molecule has 0 amide bonds. The van der Waals surface area contributed by atoms with Gasteiger partial charge in [0.2, 0.25) is 0 Å². The largest absolute Gasteiger partial charge is 0.310 e. The van der Waals surface area contributed by atoms with Gasteiger partial charge in [-0.1, -0.05) is 141 Å². The summed E-state index contributed by atoms with van der Waals surface area (Å²) >= 11 is 0. The predicted molar refractivity (Wildman–Crippen MR) is 206 cm³/mol. The first-order chi connectivity index (χ1) is 24.5. The Morgan fingerprint density at radius 1 is 0.440 bits per heavy atom. The van der Waals surface area contributed by atoms with Crippen molar-refractivity contribution in [1.29, 1.82) is 0 Å². The summed E-state index contributed by atoms with van der Waals surface area (Å²) in [6.07, 6.45) is 0. The summed E-state index contributed by atoms with van der Waals surface area (Å²) < 4.78 is 0. The van der Waals surface area contributed by atoms with Crippen molar-refractivity contribution in [2.75, 3.05) is 4.90 Å². The Hall–Kier alpha value is -5.93. The fourth-order valence-corrected chi connectivity index (χ4v) is 9.98. The van der Waals surface area contributed by atoms with Crippen LogP contribution in [0.1, 0.15) is 63.1 Å².